The van der Waals surface area contributed by atoms with Crippen LogP contribution in [0.15, 0.2) is 18.2 Å². The van der Waals surface area contributed by atoms with Crippen LogP contribution in [0.25, 0.3) is 0 Å². The summed E-state index contributed by atoms with van der Waals surface area (Å²) in [6.07, 6.45) is 0. The number of urea groups is 1. The van der Waals surface area contributed by atoms with Gasteiger partial charge in [-0.15, -0.1) is 0 Å². The molecule has 0 aliphatic heterocycles. The molecule has 0 saturated carbocycles. The number of nitro groups is 1. The van der Waals surface area contributed by atoms with Gasteiger partial charge in [0.1, 0.15) is 12.4 Å². The molecule has 0 bridgehead atoms. The summed E-state index contributed by atoms with van der Waals surface area (Å²) in [5.41, 5.74) is -0.236. The molecule has 8 nitrogen and oxygen atoms in total. The van der Waals surface area contributed by atoms with Crippen LogP contribution in [0, 0.1) is 15.9 Å². The molecule has 0 atom stereocenters. The number of aliphatic carboxylic acids is 1. The number of carboxylic acid groups (broad SMARTS) is 1. The van der Waals surface area contributed by atoms with Crippen molar-refractivity contribution in [3.8, 4) is 0 Å². The molecule has 2 amide bonds. The number of nitrogens with zero attached hydrogens (tertiary/aromatic N) is 1. The third-order valence-corrected chi connectivity index (χ3v) is 2.01. The monoisotopic (exact) mass is 271 g/mol. The molecule has 3 N–H and O–H groups in total. The lowest BCUT2D eigenvalue weighted by Crippen LogP contribution is -2.38. The Bertz CT molecular complexity index is 520. The van der Waals surface area contributed by atoms with Crippen molar-refractivity contribution in [2.24, 2.45) is 0 Å². The molecule has 1 aromatic rings. The zero-order valence-corrected chi connectivity index (χ0v) is 9.55. The van der Waals surface area contributed by atoms with E-state index in [2.05, 4.69) is 5.32 Å². The van der Waals surface area contributed by atoms with Gasteiger partial charge in [-0.1, -0.05) is 0 Å². The van der Waals surface area contributed by atoms with Crippen LogP contribution in [0.4, 0.5) is 14.9 Å². The van der Waals surface area contributed by atoms with Crippen molar-refractivity contribution < 1.29 is 24.0 Å². The lowest BCUT2D eigenvalue weighted by atomic mass is 10.2. The van der Waals surface area contributed by atoms with Crippen LogP contribution in [-0.4, -0.2) is 28.6 Å². The molecule has 1 rings (SSSR count). The van der Waals surface area contributed by atoms with Crippen molar-refractivity contribution in [3.05, 3.63) is 39.7 Å². The first-order chi connectivity index (χ1) is 8.88. The molecule has 102 valence electrons. The molecule has 0 heterocycles. The van der Waals surface area contributed by atoms with Crippen molar-refractivity contribution in [1.29, 1.82) is 0 Å². The van der Waals surface area contributed by atoms with E-state index in [-0.39, 0.29) is 12.1 Å². The summed E-state index contributed by atoms with van der Waals surface area (Å²) in [6.45, 7) is -0.723. The predicted octanol–water partition coefficient (Wildman–Crippen LogP) is 0.618. The van der Waals surface area contributed by atoms with Crippen LogP contribution in [0.5, 0.6) is 0 Å². The van der Waals surface area contributed by atoms with Gasteiger partial charge in [-0.05, 0) is 11.6 Å². The second-order valence-corrected chi connectivity index (χ2v) is 3.50. The zero-order valence-electron chi connectivity index (χ0n) is 9.55. The molecule has 1 aromatic carbocycles. The molecular weight excluding hydrogens is 261 g/mol. The molecule has 0 radical (unpaired) electrons. The van der Waals surface area contributed by atoms with E-state index in [9.17, 15) is 24.1 Å². The fourth-order valence-electron chi connectivity index (χ4n) is 1.24. The quantitative estimate of drug-likeness (QED) is 0.535. The Hall–Kier alpha value is -2.71. The second kappa shape index (κ2) is 6.28. The minimum atomic E-state index is -1.21. The summed E-state index contributed by atoms with van der Waals surface area (Å²) in [6, 6.07) is 2.13. The summed E-state index contributed by atoms with van der Waals surface area (Å²) in [5, 5.41) is 23.1. The summed E-state index contributed by atoms with van der Waals surface area (Å²) in [5.74, 6) is -2.01. The summed E-state index contributed by atoms with van der Waals surface area (Å²) >= 11 is 0. The average Bonchev–Trinajstić information content (AvgIpc) is 2.33. The molecule has 0 fully saturated rings. The highest BCUT2D eigenvalue weighted by molar-refractivity contribution is 5.79. The number of halogens is 1. The molecule has 19 heavy (non-hydrogen) atoms. The molecular formula is C10H10FN3O5. The number of hydrogen-bond donors (Lipinski definition) is 3. The second-order valence-electron chi connectivity index (χ2n) is 3.50. The van der Waals surface area contributed by atoms with E-state index in [1.54, 1.807) is 0 Å². The van der Waals surface area contributed by atoms with Crippen molar-refractivity contribution in [3.63, 3.8) is 0 Å². The Morgan fingerprint density at radius 3 is 2.58 bits per heavy atom. The highest BCUT2D eigenvalue weighted by atomic mass is 19.1. The maximum absolute atomic E-state index is 13.1. The molecule has 0 spiro atoms. The largest absolute Gasteiger partial charge is 0.480 e. The fourth-order valence-corrected chi connectivity index (χ4v) is 1.24. The lowest BCUT2D eigenvalue weighted by molar-refractivity contribution is -0.385. The molecule has 0 unspecified atom stereocenters. The Morgan fingerprint density at radius 2 is 2.00 bits per heavy atom. The fraction of sp³-hybridized carbons (Fsp3) is 0.200. The number of nitrogens with one attached hydrogen (secondary N) is 2. The normalized spacial score (nSPS) is 9.74. The first-order valence-electron chi connectivity index (χ1n) is 5.06. The van der Waals surface area contributed by atoms with Gasteiger partial charge in [0, 0.05) is 12.6 Å². The smallest absolute Gasteiger partial charge is 0.323 e. The first kappa shape index (κ1) is 14.4. The van der Waals surface area contributed by atoms with Gasteiger partial charge >= 0.3 is 12.0 Å². The first-order valence-corrected chi connectivity index (χ1v) is 5.06. The SMILES string of the molecule is O=C(O)CNC(=O)NCc1cc(F)cc([N+](=O)[O-])c1. The minimum absolute atomic E-state index is 0.163. The number of non-ortho nitro benzene ring substituents is 1. The minimum Gasteiger partial charge on any atom is -0.480 e. The Labute approximate surface area is 106 Å². The standard InChI is InChI=1S/C10H10FN3O5/c11-7-1-6(2-8(3-7)14(18)19)4-12-10(17)13-5-9(15)16/h1-3H,4-5H2,(H,15,16)(H2,12,13,17). The van der Waals surface area contributed by atoms with Gasteiger partial charge in [-0.2, -0.15) is 0 Å². The maximum Gasteiger partial charge on any atom is 0.323 e. The van der Waals surface area contributed by atoms with E-state index < -0.39 is 35.0 Å². The number of rotatable bonds is 5. The van der Waals surface area contributed by atoms with Crippen LogP contribution < -0.4 is 10.6 Å². The van der Waals surface area contributed by atoms with E-state index in [4.69, 9.17) is 5.11 Å². The number of amides is 2. The van der Waals surface area contributed by atoms with Gasteiger partial charge in [-0.3, -0.25) is 14.9 Å². The van der Waals surface area contributed by atoms with Crippen molar-refractivity contribution in [2.45, 2.75) is 6.54 Å². The average molecular weight is 271 g/mol. The van der Waals surface area contributed by atoms with Crippen molar-refractivity contribution in [2.75, 3.05) is 6.54 Å². The van der Waals surface area contributed by atoms with Crippen LogP contribution >= 0.6 is 0 Å². The highest BCUT2D eigenvalue weighted by Crippen LogP contribution is 2.15. The number of benzene rings is 1. The van der Waals surface area contributed by atoms with Gasteiger partial charge in [0.25, 0.3) is 5.69 Å². The molecule has 9 heteroatoms. The Morgan fingerprint density at radius 1 is 1.32 bits per heavy atom. The van der Waals surface area contributed by atoms with E-state index in [1.807, 2.05) is 5.32 Å². The molecule has 0 aromatic heterocycles. The number of carbonyl (C=O) groups is 2. The third kappa shape index (κ3) is 4.98. The third-order valence-electron chi connectivity index (χ3n) is 2.01. The van der Waals surface area contributed by atoms with E-state index in [1.165, 1.54) is 0 Å². The Balaban J connectivity index is 2.60. The van der Waals surface area contributed by atoms with Crippen LogP contribution in [0.2, 0.25) is 0 Å². The number of carbonyl (C=O) groups excluding carboxylic acids is 1. The number of carboxylic acids is 1. The van der Waals surface area contributed by atoms with Crippen LogP contribution in [0.3, 0.4) is 0 Å². The van der Waals surface area contributed by atoms with Crippen molar-refractivity contribution >= 4 is 17.7 Å². The topological polar surface area (TPSA) is 122 Å². The van der Waals surface area contributed by atoms with Gasteiger partial charge in [0.15, 0.2) is 0 Å². The predicted molar refractivity (Wildman–Crippen MR) is 60.9 cm³/mol. The molecule has 0 saturated heterocycles. The highest BCUT2D eigenvalue weighted by Gasteiger charge is 2.10. The van der Waals surface area contributed by atoms with Gasteiger partial charge in [0.2, 0.25) is 0 Å². The molecule has 0 aliphatic rings. The number of nitro benzene ring substituents is 1. The van der Waals surface area contributed by atoms with Crippen LogP contribution in [0.1, 0.15) is 5.56 Å². The number of hydrogen-bond acceptors (Lipinski definition) is 4. The summed E-state index contributed by atoms with van der Waals surface area (Å²) < 4.78 is 13.1. The van der Waals surface area contributed by atoms with Crippen molar-refractivity contribution in [1.82, 2.24) is 10.6 Å². The van der Waals surface area contributed by atoms with Gasteiger partial charge < -0.3 is 15.7 Å². The van der Waals surface area contributed by atoms with E-state index in [0.717, 1.165) is 18.2 Å². The molecule has 0 aliphatic carbocycles. The zero-order chi connectivity index (χ0) is 14.4. The van der Waals surface area contributed by atoms with E-state index >= 15 is 0 Å². The van der Waals surface area contributed by atoms with E-state index in [0.29, 0.717) is 0 Å². The van der Waals surface area contributed by atoms with Gasteiger partial charge in [-0.25, -0.2) is 9.18 Å². The van der Waals surface area contributed by atoms with Gasteiger partial charge in [0.05, 0.1) is 11.0 Å². The summed E-state index contributed by atoms with van der Waals surface area (Å²) in [7, 11) is 0. The summed E-state index contributed by atoms with van der Waals surface area (Å²) in [4.78, 5) is 31.0. The maximum atomic E-state index is 13.1. The lowest BCUT2D eigenvalue weighted by Gasteiger charge is -2.06. The Kier molecular flexibility index (Phi) is 4.75. The van der Waals surface area contributed by atoms with Crippen LogP contribution in [-0.2, 0) is 11.3 Å².